The van der Waals surface area contributed by atoms with Crippen LogP contribution in [0.2, 0.25) is 0 Å². The van der Waals surface area contributed by atoms with Gasteiger partial charge in [-0.3, -0.25) is 0 Å². The highest BCUT2D eigenvalue weighted by molar-refractivity contribution is 5.59. The topological polar surface area (TPSA) is 42.4 Å². The fourth-order valence-corrected chi connectivity index (χ4v) is 1.92. The first-order chi connectivity index (χ1) is 9.27. The Morgan fingerprint density at radius 3 is 2.45 bits per heavy atom. The lowest BCUT2D eigenvalue weighted by atomic mass is 10.1. The predicted molar refractivity (Wildman–Crippen MR) is 71.4 cm³/mol. The number of halogens is 3. The Kier molecular flexibility index (Phi) is 3.65. The van der Waals surface area contributed by atoms with E-state index in [1.54, 1.807) is 24.1 Å². The van der Waals surface area contributed by atoms with Gasteiger partial charge in [-0.2, -0.15) is 13.2 Å². The summed E-state index contributed by atoms with van der Waals surface area (Å²) in [5.41, 5.74) is 4.71. The minimum atomic E-state index is -4.46. The summed E-state index contributed by atoms with van der Waals surface area (Å²) in [6, 6.07) is 7.48. The van der Waals surface area contributed by atoms with E-state index in [0.717, 1.165) is 11.8 Å². The summed E-state index contributed by atoms with van der Waals surface area (Å²) in [7, 11) is 1.70. The van der Waals surface area contributed by atoms with Gasteiger partial charge < -0.3 is 15.1 Å². The maximum atomic E-state index is 12.8. The SMILES string of the molecule is Cc1ccc(CN(C)c2ccc(N)c(C(F)(F)F)c2)o1. The first-order valence-electron chi connectivity index (χ1n) is 6.00. The van der Waals surface area contributed by atoms with Crippen LogP contribution in [0.15, 0.2) is 34.7 Å². The first-order valence-corrected chi connectivity index (χ1v) is 6.00. The second-order valence-electron chi connectivity index (χ2n) is 4.64. The smallest absolute Gasteiger partial charge is 0.418 e. The Labute approximate surface area is 114 Å². The number of rotatable bonds is 3. The Hall–Kier alpha value is -2.11. The number of nitrogens with two attached hydrogens (primary N) is 1. The van der Waals surface area contributed by atoms with Crippen molar-refractivity contribution in [2.75, 3.05) is 17.7 Å². The van der Waals surface area contributed by atoms with Crippen LogP contribution in [-0.4, -0.2) is 7.05 Å². The number of furan rings is 1. The van der Waals surface area contributed by atoms with Gasteiger partial charge >= 0.3 is 6.18 Å². The molecule has 0 aliphatic carbocycles. The summed E-state index contributed by atoms with van der Waals surface area (Å²) < 4.78 is 43.8. The van der Waals surface area contributed by atoms with Crippen molar-refractivity contribution in [3.8, 4) is 0 Å². The number of hydrogen-bond acceptors (Lipinski definition) is 3. The van der Waals surface area contributed by atoms with Gasteiger partial charge in [-0.15, -0.1) is 0 Å². The molecule has 0 saturated heterocycles. The van der Waals surface area contributed by atoms with Gasteiger partial charge in [0.15, 0.2) is 0 Å². The van der Waals surface area contributed by atoms with Crippen molar-refractivity contribution in [1.82, 2.24) is 0 Å². The van der Waals surface area contributed by atoms with Crippen molar-refractivity contribution in [3.63, 3.8) is 0 Å². The number of benzene rings is 1. The minimum absolute atomic E-state index is 0.275. The third-order valence-corrected chi connectivity index (χ3v) is 2.97. The van der Waals surface area contributed by atoms with Crippen LogP contribution in [0.3, 0.4) is 0 Å². The van der Waals surface area contributed by atoms with Crippen molar-refractivity contribution >= 4 is 11.4 Å². The second kappa shape index (κ2) is 5.11. The molecule has 2 N–H and O–H groups in total. The average Bonchev–Trinajstić information content (AvgIpc) is 2.73. The maximum Gasteiger partial charge on any atom is 0.418 e. The zero-order valence-corrected chi connectivity index (χ0v) is 11.2. The summed E-state index contributed by atoms with van der Waals surface area (Å²) >= 11 is 0. The normalized spacial score (nSPS) is 11.7. The lowest BCUT2D eigenvalue weighted by Crippen LogP contribution is -2.17. The van der Waals surface area contributed by atoms with Crippen LogP contribution < -0.4 is 10.6 Å². The number of hydrogen-bond donors (Lipinski definition) is 1. The van der Waals surface area contributed by atoms with Gasteiger partial charge in [0.05, 0.1) is 12.1 Å². The summed E-state index contributed by atoms with van der Waals surface area (Å²) in [5, 5.41) is 0. The molecule has 2 aromatic rings. The summed E-state index contributed by atoms with van der Waals surface area (Å²) in [5.74, 6) is 1.46. The lowest BCUT2D eigenvalue weighted by Gasteiger charge is -2.20. The van der Waals surface area contributed by atoms with E-state index in [1.165, 1.54) is 6.07 Å². The molecule has 0 spiro atoms. The molecule has 1 aromatic heterocycles. The molecule has 0 unspecified atom stereocenters. The van der Waals surface area contributed by atoms with E-state index in [2.05, 4.69) is 0 Å². The molecule has 108 valence electrons. The highest BCUT2D eigenvalue weighted by Gasteiger charge is 2.33. The highest BCUT2D eigenvalue weighted by atomic mass is 19.4. The van der Waals surface area contributed by atoms with Crippen molar-refractivity contribution in [2.45, 2.75) is 19.6 Å². The second-order valence-corrected chi connectivity index (χ2v) is 4.64. The summed E-state index contributed by atoms with van der Waals surface area (Å²) in [4.78, 5) is 1.67. The zero-order valence-electron chi connectivity index (χ0n) is 11.2. The molecule has 0 amide bonds. The number of nitrogen functional groups attached to an aromatic ring is 1. The molecule has 0 fully saturated rings. The van der Waals surface area contributed by atoms with Crippen molar-refractivity contribution in [1.29, 1.82) is 0 Å². The molecule has 6 heteroatoms. The van der Waals surface area contributed by atoms with Crippen LogP contribution in [0.25, 0.3) is 0 Å². The molecule has 20 heavy (non-hydrogen) atoms. The van der Waals surface area contributed by atoms with Gasteiger partial charge in [0.25, 0.3) is 0 Å². The molecule has 3 nitrogen and oxygen atoms in total. The molecule has 1 aromatic carbocycles. The maximum absolute atomic E-state index is 12.8. The van der Waals surface area contributed by atoms with Crippen LogP contribution >= 0.6 is 0 Å². The number of anilines is 2. The predicted octanol–water partition coefficient (Wildman–Crippen LogP) is 3.83. The van der Waals surface area contributed by atoms with Crippen LogP contribution in [0.1, 0.15) is 17.1 Å². The van der Waals surface area contributed by atoms with E-state index in [-0.39, 0.29) is 5.69 Å². The van der Waals surface area contributed by atoms with Crippen LogP contribution in [-0.2, 0) is 12.7 Å². The molecule has 1 heterocycles. The molecule has 0 bridgehead atoms. The number of aryl methyl sites for hydroxylation is 1. The molecule has 0 aliphatic heterocycles. The Morgan fingerprint density at radius 2 is 1.90 bits per heavy atom. The average molecular weight is 284 g/mol. The Morgan fingerprint density at radius 1 is 1.20 bits per heavy atom. The highest BCUT2D eigenvalue weighted by Crippen LogP contribution is 2.36. The largest absolute Gasteiger partial charge is 0.464 e. The van der Waals surface area contributed by atoms with Crippen molar-refractivity contribution in [2.24, 2.45) is 0 Å². The van der Waals surface area contributed by atoms with Gasteiger partial charge in [-0.25, -0.2) is 0 Å². The fraction of sp³-hybridized carbons (Fsp3) is 0.286. The molecule has 0 atom stereocenters. The van der Waals surface area contributed by atoms with E-state index < -0.39 is 11.7 Å². The van der Waals surface area contributed by atoms with Crippen LogP contribution in [0.4, 0.5) is 24.5 Å². The lowest BCUT2D eigenvalue weighted by molar-refractivity contribution is -0.136. The van der Waals surface area contributed by atoms with Gasteiger partial charge in [0, 0.05) is 18.4 Å². The van der Waals surface area contributed by atoms with E-state index in [9.17, 15) is 13.2 Å². The van der Waals surface area contributed by atoms with Crippen LogP contribution in [0.5, 0.6) is 0 Å². The molecule has 0 saturated carbocycles. The van der Waals surface area contributed by atoms with Gasteiger partial charge in [0.2, 0.25) is 0 Å². The van der Waals surface area contributed by atoms with Gasteiger partial charge in [-0.05, 0) is 37.3 Å². The van der Waals surface area contributed by atoms with Gasteiger partial charge in [-0.1, -0.05) is 0 Å². The van der Waals surface area contributed by atoms with Crippen molar-refractivity contribution in [3.05, 3.63) is 47.4 Å². The standard InChI is InChI=1S/C14H15F3N2O/c1-9-3-5-11(20-9)8-19(2)10-4-6-13(18)12(7-10)14(15,16)17/h3-7H,8,18H2,1-2H3. The van der Waals surface area contributed by atoms with E-state index in [1.807, 2.05) is 13.0 Å². The molecule has 0 aliphatic rings. The fourth-order valence-electron chi connectivity index (χ4n) is 1.92. The van der Waals surface area contributed by atoms with Crippen LogP contribution in [0, 0.1) is 6.92 Å². The zero-order chi connectivity index (χ0) is 14.9. The Balaban J connectivity index is 2.24. The van der Waals surface area contributed by atoms with E-state index in [0.29, 0.717) is 18.0 Å². The number of nitrogens with zero attached hydrogens (tertiary/aromatic N) is 1. The third-order valence-electron chi connectivity index (χ3n) is 2.97. The first kappa shape index (κ1) is 14.3. The van der Waals surface area contributed by atoms with Gasteiger partial charge in [0.1, 0.15) is 11.5 Å². The summed E-state index contributed by atoms with van der Waals surface area (Å²) in [6.07, 6.45) is -4.46. The molecular weight excluding hydrogens is 269 g/mol. The van der Waals surface area contributed by atoms with E-state index in [4.69, 9.17) is 10.2 Å². The quantitative estimate of drug-likeness (QED) is 0.871. The third kappa shape index (κ3) is 3.07. The Bertz CT molecular complexity index is 605. The minimum Gasteiger partial charge on any atom is -0.464 e. The van der Waals surface area contributed by atoms with Crippen molar-refractivity contribution < 1.29 is 17.6 Å². The molecule has 2 rings (SSSR count). The monoisotopic (exact) mass is 284 g/mol. The molecule has 0 radical (unpaired) electrons. The molecular formula is C14H15F3N2O. The summed E-state index contributed by atoms with van der Waals surface area (Å²) in [6.45, 7) is 2.20. The number of alkyl halides is 3. The van der Waals surface area contributed by atoms with E-state index >= 15 is 0 Å².